The summed E-state index contributed by atoms with van der Waals surface area (Å²) < 4.78 is 18.7. The number of ether oxygens (including phenoxy) is 1. The van der Waals surface area contributed by atoms with E-state index in [9.17, 15) is 9.50 Å². The van der Waals surface area contributed by atoms with Gasteiger partial charge in [0.1, 0.15) is 11.6 Å². The van der Waals surface area contributed by atoms with Crippen LogP contribution in [0.3, 0.4) is 0 Å². The first kappa shape index (κ1) is 14.3. The van der Waals surface area contributed by atoms with Gasteiger partial charge in [-0.3, -0.25) is 0 Å². The number of aliphatic hydroxyl groups is 1. The van der Waals surface area contributed by atoms with Crippen LogP contribution in [-0.2, 0) is 5.60 Å². The molecule has 4 heteroatoms. The van der Waals surface area contributed by atoms with Gasteiger partial charge in [-0.15, -0.1) is 0 Å². The third-order valence-electron chi connectivity index (χ3n) is 3.89. The molecule has 106 valence electrons. The van der Waals surface area contributed by atoms with Gasteiger partial charge in [0.05, 0.1) is 12.7 Å². The zero-order valence-corrected chi connectivity index (χ0v) is 11.7. The van der Waals surface area contributed by atoms with Crippen LogP contribution in [0.25, 0.3) is 0 Å². The maximum absolute atomic E-state index is 13.4. The minimum absolute atomic E-state index is 0.333. The monoisotopic (exact) mass is 267 g/mol. The van der Waals surface area contributed by atoms with E-state index in [1.807, 2.05) is 0 Å². The number of hydrogen-bond acceptors (Lipinski definition) is 3. The molecule has 3 nitrogen and oxygen atoms in total. The summed E-state index contributed by atoms with van der Waals surface area (Å²) in [7, 11) is 1.55. The van der Waals surface area contributed by atoms with Crippen LogP contribution >= 0.6 is 0 Å². The average molecular weight is 267 g/mol. The Morgan fingerprint density at radius 3 is 2.63 bits per heavy atom. The number of likely N-dealkylation sites (tertiary alicyclic amines) is 1. The zero-order chi connectivity index (χ0) is 13.9. The van der Waals surface area contributed by atoms with Gasteiger partial charge in [0, 0.05) is 18.7 Å². The molecule has 1 aliphatic heterocycles. The zero-order valence-electron chi connectivity index (χ0n) is 11.7. The molecule has 1 fully saturated rings. The average Bonchev–Trinajstić information content (AvgIpc) is 2.42. The van der Waals surface area contributed by atoms with Crippen LogP contribution in [-0.4, -0.2) is 36.8 Å². The molecule has 0 radical (unpaired) electrons. The lowest BCUT2D eigenvalue weighted by molar-refractivity contribution is -0.0275. The van der Waals surface area contributed by atoms with Crippen molar-refractivity contribution in [1.29, 1.82) is 0 Å². The first-order valence-corrected chi connectivity index (χ1v) is 6.88. The summed E-state index contributed by atoms with van der Waals surface area (Å²) in [4.78, 5) is 2.33. The Kier molecular flexibility index (Phi) is 4.42. The van der Waals surface area contributed by atoms with Gasteiger partial charge in [0.15, 0.2) is 0 Å². The first-order valence-electron chi connectivity index (χ1n) is 6.88. The fourth-order valence-electron chi connectivity index (χ4n) is 2.78. The van der Waals surface area contributed by atoms with Crippen LogP contribution in [0.1, 0.15) is 31.7 Å². The number of methoxy groups -OCH3 is 1. The van der Waals surface area contributed by atoms with E-state index in [0.29, 0.717) is 24.2 Å². The van der Waals surface area contributed by atoms with Crippen LogP contribution in [0, 0.1) is 5.82 Å². The van der Waals surface area contributed by atoms with Crippen molar-refractivity contribution in [3.63, 3.8) is 0 Å². The van der Waals surface area contributed by atoms with E-state index in [0.717, 1.165) is 26.1 Å². The quantitative estimate of drug-likeness (QED) is 0.910. The van der Waals surface area contributed by atoms with Gasteiger partial charge in [-0.2, -0.15) is 0 Å². The summed E-state index contributed by atoms with van der Waals surface area (Å²) in [5.41, 5.74) is -0.399. The third-order valence-corrected chi connectivity index (χ3v) is 3.89. The fraction of sp³-hybridized carbons (Fsp3) is 0.600. The van der Waals surface area contributed by atoms with E-state index in [1.165, 1.54) is 12.1 Å². The van der Waals surface area contributed by atoms with Crippen LogP contribution < -0.4 is 4.74 Å². The fourth-order valence-corrected chi connectivity index (χ4v) is 2.78. The van der Waals surface area contributed by atoms with Crippen LogP contribution in [0.5, 0.6) is 5.75 Å². The molecule has 19 heavy (non-hydrogen) atoms. The van der Waals surface area contributed by atoms with E-state index in [-0.39, 0.29) is 5.82 Å². The molecule has 1 saturated heterocycles. The highest BCUT2D eigenvalue weighted by atomic mass is 19.1. The Hall–Kier alpha value is -1.13. The third kappa shape index (κ3) is 3.07. The number of halogens is 1. The van der Waals surface area contributed by atoms with Crippen molar-refractivity contribution in [2.45, 2.75) is 31.8 Å². The SMILES string of the molecule is CCCN1CCC(O)(c2cc(F)ccc2OC)CC1. The van der Waals surface area contributed by atoms with Gasteiger partial charge >= 0.3 is 0 Å². The molecular formula is C15H22FNO2. The smallest absolute Gasteiger partial charge is 0.125 e. The largest absolute Gasteiger partial charge is 0.496 e. The van der Waals surface area contributed by atoms with Crippen molar-refractivity contribution in [2.75, 3.05) is 26.7 Å². The van der Waals surface area contributed by atoms with E-state index in [4.69, 9.17) is 4.74 Å². The van der Waals surface area contributed by atoms with Crippen molar-refractivity contribution in [3.8, 4) is 5.75 Å². The summed E-state index contributed by atoms with van der Waals surface area (Å²) in [5, 5.41) is 10.8. The summed E-state index contributed by atoms with van der Waals surface area (Å²) in [6.07, 6.45) is 2.35. The molecule has 1 heterocycles. The normalized spacial score (nSPS) is 19.4. The molecule has 1 aliphatic rings. The summed E-state index contributed by atoms with van der Waals surface area (Å²) in [6.45, 7) is 4.88. The van der Waals surface area contributed by atoms with E-state index < -0.39 is 5.60 Å². The first-order chi connectivity index (χ1) is 9.09. The highest BCUT2D eigenvalue weighted by Crippen LogP contribution is 2.38. The van der Waals surface area contributed by atoms with Gasteiger partial charge in [0.2, 0.25) is 0 Å². The molecule has 0 unspecified atom stereocenters. The number of benzene rings is 1. The molecule has 1 aromatic rings. The second-order valence-electron chi connectivity index (χ2n) is 5.22. The molecule has 0 bridgehead atoms. The molecule has 0 atom stereocenters. The van der Waals surface area contributed by atoms with Gasteiger partial charge < -0.3 is 14.7 Å². The molecule has 0 saturated carbocycles. The van der Waals surface area contributed by atoms with E-state index >= 15 is 0 Å². The maximum Gasteiger partial charge on any atom is 0.125 e. The Morgan fingerprint density at radius 1 is 1.37 bits per heavy atom. The Morgan fingerprint density at radius 2 is 2.05 bits per heavy atom. The van der Waals surface area contributed by atoms with Crippen LogP contribution in [0.2, 0.25) is 0 Å². The van der Waals surface area contributed by atoms with Crippen molar-refractivity contribution < 1.29 is 14.2 Å². The van der Waals surface area contributed by atoms with E-state index in [1.54, 1.807) is 13.2 Å². The molecule has 0 spiro atoms. The Balaban J connectivity index is 2.19. The topological polar surface area (TPSA) is 32.7 Å². The number of rotatable bonds is 4. The predicted molar refractivity (Wildman–Crippen MR) is 72.8 cm³/mol. The lowest BCUT2D eigenvalue weighted by Gasteiger charge is -2.39. The molecular weight excluding hydrogens is 245 g/mol. The maximum atomic E-state index is 13.4. The van der Waals surface area contributed by atoms with Crippen molar-refractivity contribution in [3.05, 3.63) is 29.6 Å². The minimum Gasteiger partial charge on any atom is -0.496 e. The van der Waals surface area contributed by atoms with Crippen molar-refractivity contribution in [2.24, 2.45) is 0 Å². The van der Waals surface area contributed by atoms with E-state index in [2.05, 4.69) is 11.8 Å². The lowest BCUT2D eigenvalue weighted by Crippen LogP contribution is -2.43. The molecule has 0 aromatic heterocycles. The van der Waals surface area contributed by atoms with Gasteiger partial charge in [-0.05, 0) is 44.0 Å². The summed E-state index contributed by atoms with van der Waals surface area (Å²) >= 11 is 0. The Bertz CT molecular complexity index is 428. The van der Waals surface area contributed by atoms with Crippen molar-refractivity contribution >= 4 is 0 Å². The highest BCUT2D eigenvalue weighted by Gasteiger charge is 2.36. The molecule has 0 aliphatic carbocycles. The number of piperidine rings is 1. The Labute approximate surface area is 114 Å². The molecule has 0 amide bonds. The lowest BCUT2D eigenvalue weighted by atomic mass is 9.83. The van der Waals surface area contributed by atoms with Gasteiger partial charge in [-0.25, -0.2) is 4.39 Å². The second kappa shape index (κ2) is 5.88. The summed E-state index contributed by atoms with van der Waals surface area (Å²) in [5.74, 6) is 0.230. The van der Waals surface area contributed by atoms with Gasteiger partial charge in [0.25, 0.3) is 0 Å². The summed E-state index contributed by atoms with van der Waals surface area (Å²) in [6, 6.07) is 4.34. The van der Waals surface area contributed by atoms with Crippen LogP contribution in [0.4, 0.5) is 4.39 Å². The van der Waals surface area contributed by atoms with Gasteiger partial charge in [-0.1, -0.05) is 6.92 Å². The standard InChI is InChI=1S/C15H22FNO2/c1-3-8-17-9-6-15(18,7-10-17)13-11-12(16)4-5-14(13)19-2/h4-5,11,18H,3,6-10H2,1-2H3. The van der Waals surface area contributed by atoms with Crippen LogP contribution in [0.15, 0.2) is 18.2 Å². The molecule has 2 rings (SSSR count). The van der Waals surface area contributed by atoms with Crippen molar-refractivity contribution in [1.82, 2.24) is 4.90 Å². The molecule has 1 aromatic carbocycles. The number of hydrogen-bond donors (Lipinski definition) is 1. The second-order valence-corrected chi connectivity index (χ2v) is 5.22. The minimum atomic E-state index is -0.975. The molecule has 1 N–H and O–H groups in total. The predicted octanol–water partition coefficient (Wildman–Crippen LogP) is 2.53. The number of nitrogens with zero attached hydrogens (tertiary/aromatic N) is 1. The highest BCUT2D eigenvalue weighted by molar-refractivity contribution is 5.38.